The highest BCUT2D eigenvalue weighted by atomic mass is 16.5. The first-order chi connectivity index (χ1) is 10.7. The van der Waals surface area contributed by atoms with Crippen molar-refractivity contribution in [2.24, 2.45) is 11.8 Å². The average Bonchev–Trinajstić information content (AvgIpc) is 2.93. The van der Waals surface area contributed by atoms with Crippen LogP contribution in [0.3, 0.4) is 0 Å². The first-order valence-electron chi connectivity index (χ1n) is 8.78. The minimum absolute atomic E-state index is 0.0632. The Balaban J connectivity index is 1.61. The lowest BCUT2D eigenvalue weighted by Gasteiger charge is -2.33. The normalized spacial score (nSPS) is 32.7. The van der Waals surface area contributed by atoms with Crippen molar-refractivity contribution in [2.45, 2.75) is 69.9 Å². The van der Waals surface area contributed by atoms with E-state index >= 15 is 0 Å². The van der Waals surface area contributed by atoms with Crippen LogP contribution < -0.4 is 0 Å². The van der Waals surface area contributed by atoms with Crippen LogP contribution in [0.2, 0.25) is 0 Å². The standard InChI is InChI=1S/C17H27NO4/c19-16(6-5-12-7-9-22-10-8-12)18-14-4-2-1-3-13(14)11-15(18)17(20)21/h12-15H,1-11H2,(H,20,21)/t13-,14+,15+/m1/s1. The number of carboxylic acid groups (broad SMARTS) is 1. The summed E-state index contributed by atoms with van der Waals surface area (Å²) < 4.78 is 5.35. The van der Waals surface area contributed by atoms with Gasteiger partial charge in [-0.3, -0.25) is 4.79 Å². The number of nitrogens with zero attached hydrogens (tertiary/aromatic N) is 1. The third kappa shape index (κ3) is 3.29. The van der Waals surface area contributed by atoms with Crippen LogP contribution in [0.25, 0.3) is 0 Å². The molecular formula is C17H27NO4. The van der Waals surface area contributed by atoms with E-state index in [1.807, 2.05) is 0 Å². The number of carbonyl (C=O) groups excluding carboxylic acids is 1. The maximum atomic E-state index is 12.7. The molecule has 1 amide bonds. The van der Waals surface area contributed by atoms with Gasteiger partial charge in [0.15, 0.2) is 0 Å². The van der Waals surface area contributed by atoms with E-state index in [1.54, 1.807) is 4.90 Å². The second-order valence-electron chi connectivity index (χ2n) is 7.10. The molecule has 2 heterocycles. The highest BCUT2D eigenvalue weighted by Crippen LogP contribution is 2.40. The summed E-state index contributed by atoms with van der Waals surface area (Å²) in [6.07, 6.45) is 8.46. The number of rotatable bonds is 4. The lowest BCUT2D eigenvalue weighted by molar-refractivity contribution is -0.150. The fourth-order valence-corrected chi connectivity index (χ4v) is 4.53. The molecule has 2 aliphatic heterocycles. The van der Waals surface area contributed by atoms with E-state index in [1.165, 1.54) is 6.42 Å². The second kappa shape index (κ2) is 6.99. The number of aliphatic carboxylic acids is 1. The Kier molecular flexibility index (Phi) is 5.01. The van der Waals surface area contributed by atoms with Crippen LogP contribution in [0.15, 0.2) is 0 Å². The van der Waals surface area contributed by atoms with E-state index in [-0.39, 0.29) is 11.9 Å². The average molecular weight is 309 g/mol. The van der Waals surface area contributed by atoms with Gasteiger partial charge in [-0.15, -0.1) is 0 Å². The Morgan fingerprint density at radius 3 is 2.55 bits per heavy atom. The molecule has 5 nitrogen and oxygen atoms in total. The molecule has 0 bridgehead atoms. The topological polar surface area (TPSA) is 66.8 Å². The monoisotopic (exact) mass is 309 g/mol. The number of amides is 1. The molecule has 3 rings (SSSR count). The molecule has 3 fully saturated rings. The van der Waals surface area contributed by atoms with E-state index < -0.39 is 12.0 Å². The smallest absolute Gasteiger partial charge is 0.326 e. The zero-order valence-electron chi connectivity index (χ0n) is 13.2. The van der Waals surface area contributed by atoms with E-state index in [4.69, 9.17) is 4.74 Å². The molecule has 3 atom stereocenters. The van der Waals surface area contributed by atoms with Crippen LogP contribution >= 0.6 is 0 Å². The summed E-state index contributed by atoms with van der Waals surface area (Å²) in [6, 6.07) is -0.410. The molecule has 0 aromatic rings. The van der Waals surface area contributed by atoms with Crippen LogP contribution in [-0.2, 0) is 14.3 Å². The third-order valence-electron chi connectivity index (χ3n) is 5.77. The number of carbonyl (C=O) groups is 2. The summed E-state index contributed by atoms with van der Waals surface area (Å²) in [6.45, 7) is 1.59. The van der Waals surface area contributed by atoms with Gasteiger partial charge in [-0.25, -0.2) is 4.79 Å². The lowest BCUT2D eigenvalue weighted by Crippen LogP contribution is -2.46. The largest absolute Gasteiger partial charge is 0.480 e. The van der Waals surface area contributed by atoms with Gasteiger partial charge in [-0.1, -0.05) is 12.8 Å². The Bertz CT molecular complexity index is 419. The minimum atomic E-state index is -0.825. The molecule has 0 aromatic heterocycles. The van der Waals surface area contributed by atoms with Crippen molar-refractivity contribution in [3.63, 3.8) is 0 Å². The van der Waals surface area contributed by atoms with Gasteiger partial charge in [0.1, 0.15) is 6.04 Å². The summed E-state index contributed by atoms with van der Waals surface area (Å²) in [4.78, 5) is 26.0. The molecule has 124 valence electrons. The van der Waals surface area contributed by atoms with Crippen molar-refractivity contribution in [3.05, 3.63) is 0 Å². The van der Waals surface area contributed by atoms with Gasteiger partial charge >= 0.3 is 5.97 Å². The quantitative estimate of drug-likeness (QED) is 0.866. The predicted octanol–water partition coefficient (Wildman–Crippen LogP) is 2.44. The first kappa shape index (κ1) is 15.8. The van der Waals surface area contributed by atoms with Crippen LogP contribution in [-0.4, -0.2) is 47.2 Å². The maximum absolute atomic E-state index is 12.7. The highest BCUT2D eigenvalue weighted by molar-refractivity contribution is 5.84. The van der Waals surface area contributed by atoms with Crippen LogP contribution in [0.1, 0.15) is 57.8 Å². The van der Waals surface area contributed by atoms with Crippen molar-refractivity contribution in [1.82, 2.24) is 4.90 Å². The number of hydrogen-bond donors (Lipinski definition) is 1. The van der Waals surface area contributed by atoms with E-state index in [9.17, 15) is 14.7 Å². The zero-order chi connectivity index (χ0) is 15.5. The third-order valence-corrected chi connectivity index (χ3v) is 5.77. The summed E-state index contributed by atoms with van der Waals surface area (Å²) in [7, 11) is 0. The van der Waals surface area contributed by atoms with Crippen molar-refractivity contribution >= 4 is 11.9 Å². The minimum Gasteiger partial charge on any atom is -0.480 e. The molecule has 0 spiro atoms. The molecule has 1 N–H and O–H groups in total. The fraction of sp³-hybridized carbons (Fsp3) is 0.882. The molecular weight excluding hydrogens is 282 g/mol. The van der Waals surface area contributed by atoms with Crippen molar-refractivity contribution in [1.29, 1.82) is 0 Å². The van der Waals surface area contributed by atoms with Gasteiger partial charge in [0.2, 0.25) is 5.91 Å². The molecule has 2 saturated heterocycles. The molecule has 5 heteroatoms. The second-order valence-corrected chi connectivity index (χ2v) is 7.10. The number of likely N-dealkylation sites (tertiary alicyclic amines) is 1. The summed E-state index contributed by atoms with van der Waals surface area (Å²) >= 11 is 0. The van der Waals surface area contributed by atoms with E-state index in [0.717, 1.165) is 51.7 Å². The molecule has 22 heavy (non-hydrogen) atoms. The number of ether oxygens (including phenoxy) is 1. The van der Waals surface area contributed by atoms with E-state index in [2.05, 4.69) is 0 Å². The number of hydrogen-bond acceptors (Lipinski definition) is 3. The molecule has 0 radical (unpaired) electrons. The first-order valence-corrected chi connectivity index (χ1v) is 8.78. The SMILES string of the molecule is O=C(O)[C@@H]1C[C@H]2CCCC[C@@H]2N1C(=O)CCC1CCOCC1. The summed E-state index contributed by atoms with van der Waals surface area (Å²) in [5, 5.41) is 9.49. The number of fused-ring (bicyclic) bond motifs is 1. The predicted molar refractivity (Wildman–Crippen MR) is 81.4 cm³/mol. The van der Waals surface area contributed by atoms with E-state index in [0.29, 0.717) is 24.7 Å². The van der Waals surface area contributed by atoms with Crippen molar-refractivity contribution in [2.75, 3.05) is 13.2 Å². The Morgan fingerprint density at radius 1 is 1.09 bits per heavy atom. The fourth-order valence-electron chi connectivity index (χ4n) is 4.53. The van der Waals surface area contributed by atoms with Crippen LogP contribution in [0.5, 0.6) is 0 Å². The molecule has 0 aromatic carbocycles. The van der Waals surface area contributed by atoms with Crippen LogP contribution in [0.4, 0.5) is 0 Å². The van der Waals surface area contributed by atoms with Gasteiger partial charge in [-0.05, 0) is 50.4 Å². The molecule has 1 saturated carbocycles. The Labute approximate surface area is 132 Å². The van der Waals surface area contributed by atoms with Gasteiger partial charge in [0, 0.05) is 25.7 Å². The summed E-state index contributed by atoms with van der Waals surface area (Å²) in [5.74, 6) is 0.203. The van der Waals surface area contributed by atoms with Gasteiger partial charge in [0.25, 0.3) is 0 Å². The lowest BCUT2D eigenvalue weighted by atomic mass is 9.84. The molecule has 3 aliphatic rings. The molecule has 0 unspecified atom stereocenters. The zero-order valence-corrected chi connectivity index (χ0v) is 13.2. The maximum Gasteiger partial charge on any atom is 0.326 e. The van der Waals surface area contributed by atoms with Crippen LogP contribution in [0, 0.1) is 11.8 Å². The van der Waals surface area contributed by atoms with Gasteiger partial charge in [-0.2, -0.15) is 0 Å². The number of carboxylic acids is 1. The Hall–Kier alpha value is -1.10. The highest BCUT2D eigenvalue weighted by Gasteiger charge is 2.47. The Morgan fingerprint density at radius 2 is 1.82 bits per heavy atom. The summed E-state index contributed by atoms with van der Waals surface area (Å²) in [5.41, 5.74) is 0. The van der Waals surface area contributed by atoms with Crippen molar-refractivity contribution < 1.29 is 19.4 Å². The van der Waals surface area contributed by atoms with Gasteiger partial charge < -0.3 is 14.7 Å². The molecule has 1 aliphatic carbocycles. The van der Waals surface area contributed by atoms with Crippen molar-refractivity contribution in [3.8, 4) is 0 Å². The van der Waals surface area contributed by atoms with Gasteiger partial charge in [0.05, 0.1) is 0 Å².